The largest absolute Gasteiger partial charge is 0.374 e. The van der Waals surface area contributed by atoms with Gasteiger partial charge in [-0.05, 0) is 31.7 Å². The number of nitro benzene ring substituents is 1. The molecule has 1 aliphatic rings. The van der Waals surface area contributed by atoms with E-state index < -0.39 is 4.92 Å². The number of nitriles is 1. The van der Waals surface area contributed by atoms with Crippen LogP contribution in [0, 0.1) is 34.3 Å². The number of hydrogen-bond donors (Lipinski definition) is 1. The molecule has 1 aromatic carbocycles. The molecule has 1 aliphatic carbocycles. The van der Waals surface area contributed by atoms with Crippen LogP contribution < -0.4 is 5.32 Å². The zero-order valence-corrected chi connectivity index (χ0v) is 12.8. The highest BCUT2D eigenvalue weighted by atomic mass is 32.1. The average molecular weight is 314 g/mol. The third kappa shape index (κ3) is 2.92. The van der Waals surface area contributed by atoms with E-state index in [1.54, 1.807) is 17.4 Å². The van der Waals surface area contributed by atoms with Crippen LogP contribution in [0.2, 0.25) is 0 Å². The van der Waals surface area contributed by atoms with Gasteiger partial charge in [-0.15, -0.1) is 11.3 Å². The number of anilines is 1. The Hall–Kier alpha value is -2.46. The number of nitrogens with one attached hydrogen (secondary N) is 1. The Kier molecular flexibility index (Phi) is 3.77. The number of hydrogen-bond acceptors (Lipinski definition) is 6. The van der Waals surface area contributed by atoms with Crippen LogP contribution in [0.1, 0.15) is 35.1 Å². The molecule has 3 rings (SSSR count). The highest BCUT2D eigenvalue weighted by Gasteiger charge is 2.34. The minimum atomic E-state index is -0.493. The van der Waals surface area contributed by atoms with Gasteiger partial charge in [-0.1, -0.05) is 0 Å². The lowest BCUT2D eigenvalue weighted by molar-refractivity contribution is -0.384. The van der Waals surface area contributed by atoms with Gasteiger partial charge in [0, 0.05) is 23.2 Å². The first-order chi connectivity index (χ1) is 10.6. The number of thiazole rings is 1. The number of benzene rings is 1. The first-order valence-corrected chi connectivity index (χ1v) is 7.83. The van der Waals surface area contributed by atoms with Gasteiger partial charge >= 0.3 is 0 Å². The van der Waals surface area contributed by atoms with Crippen molar-refractivity contribution < 1.29 is 4.92 Å². The number of nitrogens with zero attached hydrogens (tertiary/aromatic N) is 3. The predicted octanol–water partition coefficient (Wildman–Crippen LogP) is 3.79. The number of nitro groups is 1. The lowest BCUT2D eigenvalue weighted by Gasteiger charge is -2.18. The monoisotopic (exact) mass is 314 g/mol. The van der Waals surface area contributed by atoms with Crippen molar-refractivity contribution in [2.75, 3.05) is 5.32 Å². The van der Waals surface area contributed by atoms with Crippen molar-refractivity contribution >= 4 is 22.7 Å². The summed E-state index contributed by atoms with van der Waals surface area (Å²) in [6, 6.07) is 6.42. The van der Waals surface area contributed by atoms with Crippen molar-refractivity contribution in [1.82, 2.24) is 4.98 Å². The summed E-state index contributed by atoms with van der Waals surface area (Å²) in [6.07, 6.45) is 2.26. The van der Waals surface area contributed by atoms with Crippen molar-refractivity contribution in [3.63, 3.8) is 0 Å². The lowest BCUT2D eigenvalue weighted by atomic mass is 10.1. The zero-order chi connectivity index (χ0) is 15.7. The summed E-state index contributed by atoms with van der Waals surface area (Å²) in [5, 5.41) is 26.4. The Morgan fingerprint density at radius 2 is 2.32 bits per heavy atom. The SMILES string of the molecule is Cc1csc(C(Nc2ccc([N+](=O)[O-])cc2C#N)C2CC2)n1. The molecule has 0 aliphatic heterocycles. The Morgan fingerprint density at radius 3 is 2.86 bits per heavy atom. The molecule has 2 aromatic rings. The van der Waals surface area contributed by atoms with Gasteiger partial charge in [-0.2, -0.15) is 5.26 Å². The van der Waals surface area contributed by atoms with Crippen molar-refractivity contribution in [3.05, 3.63) is 50.0 Å². The molecule has 1 atom stereocenters. The highest BCUT2D eigenvalue weighted by Crippen LogP contribution is 2.44. The molecule has 1 N–H and O–H groups in total. The number of aryl methyl sites for hydroxylation is 1. The molecule has 22 heavy (non-hydrogen) atoms. The molecule has 1 heterocycles. The summed E-state index contributed by atoms with van der Waals surface area (Å²) >= 11 is 1.60. The van der Waals surface area contributed by atoms with E-state index in [1.807, 2.05) is 18.4 Å². The van der Waals surface area contributed by atoms with Crippen LogP contribution in [0.4, 0.5) is 11.4 Å². The third-order valence-electron chi connectivity index (χ3n) is 3.64. The van der Waals surface area contributed by atoms with E-state index in [1.165, 1.54) is 12.1 Å². The Bertz CT molecular complexity index is 761. The van der Waals surface area contributed by atoms with Gasteiger partial charge in [0.25, 0.3) is 5.69 Å². The summed E-state index contributed by atoms with van der Waals surface area (Å²) in [5.74, 6) is 0.507. The summed E-state index contributed by atoms with van der Waals surface area (Å²) in [6.45, 7) is 1.95. The van der Waals surface area contributed by atoms with E-state index in [0.717, 1.165) is 23.5 Å². The van der Waals surface area contributed by atoms with E-state index in [2.05, 4.69) is 10.3 Å². The lowest BCUT2D eigenvalue weighted by Crippen LogP contribution is -2.13. The molecule has 0 bridgehead atoms. The van der Waals surface area contributed by atoms with Gasteiger partial charge in [-0.3, -0.25) is 10.1 Å². The van der Waals surface area contributed by atoms with Crippen LogP contribution in [-0.4, -0.2) is 9.91 Å². The van der Waals surface area contributed by atoms with Crippen LogP contribution >= 0.6 is 11.3 Å². The van der Waals surface area contributed by atoms with Gasteiger partial charge in [0.1, 0.15) is 11.1 Å². The molecule has 0 saturated heterocycles. The zero-order valence-electron chi connectivity index (χ0n) is 11.9. The van der Waals surface area contributed by atoms with Gasteiger partial charge < -0.3 is 5.32 Å². The van der Waals surface area contributed by atoms with Crippen molar-refractivity contribution in [2.45, 2.75) is 25.8 Å². The molecule has 0 radical (unpaired) electrons. The molecule has 1 aromatic heterocycles. The molecular weight excluding hydrogens is 300 g/mol. The molecule has 7 heteroatoms. The molecule has 0 amide bonds. The first kappa shape index (κ1) is 14.5. The van der Waals surface area contributed by atoms with E-state index >= 15 is 0 Å². The Labute approximate surface area is 131 Å². The second-order valence-corrected chi connectivity index (χ2v) is 6.28. The number of rotatable bonds is 5. The maximum Gasteiger partial charge on any atom is 0.270 e. The summed E-state index contributed by atoms with van der Waals surface area (Å²) < 4.78 is 0. The Morgan fingerprint density at radius 1 is 1.55 bits per heavy atom. The predicted molar refractivity (Wildman–Crippen MR) is 83.8 cm³/mol. The van der Waals surface area contributed by atoms with Crippen LogP contribution in [0.3, 0.4) is 0 Å². The quantitative estimate of drug-likeness (QED) is 0.669. The van der Waals surface area contributed by atoms with Gasteiger partial charge in [-0.25, -0.2) is 4.98 Å². The van der Waals surface area contributed by atoms with E-state index in [9.17, 15) is 15.4 Å². The standard InChI is InChI=1S/C15H14N4O2S/c1-9-8-22-15(17-9)14(10-2-3-10)18-13-5-4-12(19(20)21)6-11(13)7-16/h4-6,8,10,14,18H,2-3H2,1H3. The first-order valence-electron chi connectivity index (χ1n) is 6.95. The van der Waals surface area contributed by atoms with Crippen molar-refractivity contribution in [1.29, 1.82) is 5.26 Å². The second-order valence-electron chi connectivity index (χ2n) is 5.39. The van der Waals surface area contributed by atoms with Gasteiger partial charge in [0.05, 0.1) is 22.2 Å². The second kappa shape index (κ2) is 5.73. The maximum atomic E-state index is 10.8. The minimum Gasteiger partial charge on any atom is -0.374 e. The van der Waals surface area contributed by atoms with E-state index in [-0.39, 0.29) is 17.3 Å². The van der Waals surface area contributed by atoms with Crippen LogP contribution in [0.25, 0.3) is 0 Å². The number of aromatic nitrogens is 1. The van der Waals surface area contributed by atoms with Crippen molar-refractivity contribution in [3.8, 4) is 6.07 Å². The molecule has 112 valence electrons. The molecule has 6 nitrogen and oxygen atoms in total. The topological polar surface area (TPSA) is 91.9 Å². The van der Waals surface area contributed by atoms with Gasteiger partial charge in [0.2, 0.25) is 0 Å². The molecule has 1 saturated carbocycles. The minimum absolute atomic E-state index is 0.0623. The summed E-state index contributed by atoms with van der Waals surface area (Å²) in [7, 11) is 0. The Balaban J connectivity index is 1.90. The molecular formula is C15H14N4O2S. The third-order valence-corrected chi connectivity index (χ3v) is 4.69. The molecule has 1 unspecified atom stereocenters. The molecule has 0 spiro atoms. The number of non-ortho nitro benzene ring substituents is 1. The fraction of sp³-hybridized carbons (Fsp3) is 0.333. The van der Waals surface area contributed by atoms with Gasteiger partial charge in [0.15, 0.2) is 0 Å². The normalized spacial score (nSPS) is 15.1. The van der Waals surface area contributed by atoms with Crippen LogP contribution in [0.15, 0.2) is 23.6 Å². The van der Waals surface area contributed by atoms with Crippen LogP contribution in [-0.2, 0) is 0 Å². The highest BCUT2D eigenvalue weighted by molar-refractivity contribution is 7.09. The van der Waals surface area contributed by atoms with E-state index in [0.29, 0.717) is 11.6 Å². The smallest absolute Gasteiger partial charge is 0.270 e. The molecule has 1 fully saturated rings. The van der Waals surface area contributed by atoms with E-state index in [4.69, 9.17) is 0 Å². The summed E-state index contributed by atoms with van der Waals surface area (Å²) in [4.78, 5) is 14.9. The van der Waals surface area contributed by atoms with Crippen LogP contribution in [0.5, 0.6) is 0 Å². The van der Waals surface area contributed by atoms with Crippen molar-refractivity contribution in [2.24, 2.45) is 5.92 Å². The maximum absolute atomic E-state index is 10.8. The average Bonchev–Trinajstić information content (AvgIpc) is 3.26. The summed E-state index contributed by atoms with van der Waals surface area (Å²) in [5.41, 5.74) is 1.82. The fourth-order valence-corrected chi connectivity index (χ4v) is 3.30. The fourth-order valence-electron chi connectivity index (χ4n) is 2.36.